The smallest absolute Gasteiger partial charge is 0.306 e. The van der Waals surface area contributed by atoms with Gasteiger partial charge in [-0.15, -0.1) is 0 Å². The molecule has 3 N–H and O–H groups in total. The zero-order valence-electron chi connectivity index (χ0n) is 18.0. The van der Waals surface area contributed by atoms with Gasteiger partial charge in [-0.1, -0.05) is 30.3 Å². The second kappa shape index (κ2) is 17.8. The standard InChI is InChI=1S/C22H36N2O6/c1-27-13-14-29-12-6-10-24-22(26)20(17-19-7-3-2-4-8-19)18-21(25)30-16-15-28-11-5-9-23/h2-4,7-8,20H,5-6,9-18,23H2,1H3,(H,24,26). The van der Waals surface area contributed by atoms with Gasteiger partial charge in [0.15, 0.2) is 0 Å². The van der Waals surface area contributed by atoms with E-state index in [1.807, 2.05) is 30.3 Å². The molecule has 0 aliphatic carbocycles. The Morgan fingerprint density at radius 2 is 1.67 bits per heavy atom. The van der Waals surface area contributed by atoms with Crippen molar-refractivity contribution in [3.05, 3.63) is 35.9 Å². The van der Waals surface area contributed by atoms with Gasteiger partial charge < -0.3 is 30.0 Å². The number of ether oxygens (including phenoxy) is 4. The lowest BCUT2D eigenvalue weighted by Crippen LogP contribution is -2.34. The Labute approximate surface area is 179 Å². The zero-order valence-corrected chi connectivity index (χ0v) is 18.0. The molecule has 0 aliphatic heterocycles. The third-order valence-electron chi connectivity index (χ3n) is 4.29. The highest BCUT2D eigenvalue weighted by atomic mass is 16.6. The maximum Gasteiger partial charge on any atom is 0.306 e. The van der Waals surface area contributed by atoms with Crippen molar-refractivity contribution in [2.24, 2.45) is 11.7 Å². The molecule has 8 nitrogen and oxygen atoms in total. The Hall–Kier alpha value is -2.00. The van der Waals surface area contributed by atoms with Crippen molar-refractivity contribution < 1.29 is 28.5 Å². The molecule has 0 saturated heterocycles. The van der Waals surface area contributed by atoms with Crippen LogP contribution in [-0.2, 0) is 35.0 Å². The molecule has 30 heavy (non-hydrogen) atoms. The highest BCUT2D eigenvalue weighted by molar-refractivity contribution is 5.84. The monoisotopic (exact) mass is 424 g/mol. The average Bonchev–Trinajstić information content (AvgIpc) is 2.75. The van der Waals surface area contributed by atoms with Crippen LogP contribution in [0.4, 0.5) is 0 Å². The summed E-state index contributed by atoms with van der Waals surface area (Å²) in [6, 6.07) is 9.64. The molecule has 1 atom stereocenters. The highest BCUT2D eigenvalue weighted by Gasteiger charge is 2.23. The lowest BCUT2D eigenvalue weighted by Gasteiger charge is -2.17. The predicted molar refractivity (Wildman–Crippen MR) is 114 cm³/mol. The molecule has 1 rings (SSSR count). The van der Waals surface area contributed by atoms with Crippen molar-refractivity contribution >= 4 is 11.9 Å². The molecule has 0 saturated carbocycles. The summed E-state index contributed by atoms with van der Waals surface area (Å²) in [5, 5.41) is 2.90. The molecule has 0 fully saturated rings. The fraction of sp³-hybridized carbons (Fsp3) is 0.636. The summed E-state index contributed by atoms with van der Waals surface area (Å²) in [7, 11) is 1.62. The molecule has 0 bridgehead atoms. The molecule has 1 aromatic carbocycles. The molecule has 1 unspecified atom stereocenters. The minimum absolute atomic E-state index is 0.0217. The maximum absolute atomic E-state index is 12.7. The van der Waals surface area contributed by atoms with Gasteiger partial charge in [-0.3, -0.25) is 9.59 Å². The lowest BCUT2D eigenvalue weighted by atomic mass is 9.95. The van der Waals surface area contributed by atoms with Crippen molar-refractivity contribution in [1.29, 1.82) is 0 Å². The van der Waals surface area contributed by atoms with Crippen molar-refractivity contribution in [3.63, 3.8) is 0 Å². The first-order chi connectivity index (χ1) is 14.7. The van der Waals surface area contributed by atoms with Crippen molar-refractivity contribution in [1.82, 2.24) is 5.32 Å². The number of hydrogen-bond donors (Lipinski definition) is 2. The summed E-state index contributed by atoms with van der Waals surface area (Å²) in [5.74, 6) is -1.06. The third-order valence-corrected chi connectivity index (χ3v) is 4.29. The maximum atomic E-state index is 12.7. The Bertz CT molecular complexity index is 570. The molecule has 8 heteroatoms. The van der Waals surface area contributed by atoms with E-state index in [2.05, 4.69) is 5.32 Å². The van der Waals surface area contributed by atoms with E-state index in [0.717, 1.165) is 12.0 Å². The van der Waals surface area contributed by atoms with E-state index in [1.54, 1.807) is 7.11 Å². The molecule has 170 valence electrons. The highest BCUT2D eigenvalue weighted by Crippen LogP contribution is 2.14. The molecule has 0 spiro atoms. The van der Waals surface area contributed by atoms with Crippen LogP contribution in [0.2, 0.25) is 0 Å². The summed E-state index contributed by atoms with van der Waals surface area (Å²) in [5.41, 5.74) is 6.39. The van der Waals surface area contributed by atoms with E-state index in [9.17, 15) is 9.59 Å². The average molecular weight is 425 g/mol. The van der Waals surface area contributed by atoms with Gasteiger partial charge in [0.2, 0.25) is 5.91 Å². The molecule has 1 amide bonds. The SMILES string of the molecule is COCCOCCCNC(=O)C(CC(=O)OCCOCCCN)Cc1ccccc1. The third kappa shape index (κ3) is 13.3. The normalized spacial score (nSPS) is 11.8. The van der Waals surface area contributed by atoms with Crippen LogP contribution in [0.15, 0.2) is 30.3 Å². The van der Waals surface area contributed by atoms with Crippen molar-refractivity contribution in [3.8, 4) is 0 Å². The van der Waals surface area contributed by atoms with E-state index in [1.165, 1.54) is 0 Å². The zero-order chi connectivity index (χ0) is 21.9. The number of benzene rings is 1. The van der Waals surface area contributed by atoms with Gasteiger partial charge in [0, 0.05) is 26.9 Å². The van der Waals surface area contributed by atoms with Gasteiger partial charge in [0.1, 0.15) is 6.61 Å². The molecule has 0 radical (unpaired) electrons. The molecule has 1 aromatic rings. The first kappa shape index (κ1) is 26.0. The van der Waals surface area contributed by atoms with Crippen LogP contribution in [0, 0.1) is 5.92 Å². The van der Waals surface area contributed by atoms with E-state index in [4.69, 9.17) is 24.7 Å². The quantitative estimate of drug-likeness (QED) is 0.270. The minimum atomic E-state index is -0.493. The summed E-state index contributed by atoms with van der Waals surface area (Å²) in [4.78, 5) is 24.9. The van der Waals surface area contributed by atoms with E-state index in [-0.39, 0.29) is 18.9 Å². The lowest BCUT2D eigenvalue weighted by molar-refractivity contribution is -0.148. The molecular weight excluding hydrogens is 388 g/mol. The van der Waals surface area contributed by atoms with Crippen LogP contribution in [0.25, 0.3) is 0 Å². The first-order valence-electron chi connectivity index (χ1n) is 10.5. The fourth-order valence-electron chi connectivity index (χ4n) is 2.69. The van der Waals surface area contributed by atoms with Crippen LogP contribution >= 0.6 is 0 Å². The van der Waals surface area contributed by atoms with Gasteiger partial charge in [0.25, 0.3) is 0 Å². The second-order valence-corrected chi connectivity index (χ2v) is 6.82. The summed E-state index contributed by atoms with van der Waals surface area (Å²) in [6.45, 7) is 3.71. The van der Waals surface area contributed by atoms with Gasteiger partial charge in [0.05, 0.1) is 32.2 Å². The predicted octanol–water partition coefficient (Wildman–Crippen LogP) is 1.31. The van der Waals surface area contributed by atoms with E-state index < -0.39 is 11.9 Å². The molecule has 0 aliphatic rings. The Kier molecular flexibility index (Phi) is 15.5. The molecular formula is C22H36N2O6. The first-order valence-corrected chi connectivity index (χ1v) is 10.5. The Balaban J connectivity index is 2.41. The van der Waals surface area contributed by atoms with Crippen molar-refractivity contribution in [2.75, 3.05) is 59.8 Å². The summed E-state index contributed by atoms with van der Waals surface area (Å²) >= 11 is 0. The second-order valence-electron chi connectivity index (χ2n) is 6.82. The van der Waals surface area contributed by atoms with Crippen LogP contribution in [0.1, 0.15) is 24.8 Å². The van der Waals surface area contributed by atoms with Gasteiger partial charge in [-0.25, -0.2) is 0 Å². The van der Waals surface area contributed by atoms with E-state index in [0.29, 0.717) is 59.0 Å². The van der Waals surface area contributed by atoms with Crippen molar-refractivity contribution in [2.45, 2.75) is 25.7 Å². The number of nitrogens with two attached hydrogens (primary N) is 1. The number of carbonyl (C=O) groups is 2. The van der Waals surface area contributed by atoms with Crippen LogP contribution in [0.5, 0.6) is 0 Å². The largest absolute Gasteiger partial charge is 0.463 e. The number of esters is 1. The van der Waals surface area contributed by atoms with Crippen LogP contribution in [0.3, 0.4) is 0 Å². The Morgan fingerprint density at radius 3 is 2.37 bits per heavy atom. The van der Waals surface area contributed by atoms with Crippen LogP contribution in [-0.4, -0.2) is 71.7 Å². The van der Waals surface area contributed by atoms with Gasteiger partial charge in [-0.2, -0.15) is 0 Å². The Morgan fingerprint density at radius 1 is 0.967 bits per heavy atom. The number of methoxy groups -OCH3 is 1. The summed E-state index contributed by atoms with van der Waals surface area (Å²) in [6.07, 6.45) is 1.95. The number of rotatable bonds is 18. The topological polar surface area (TPSA) is 109 Å². The molecule has 0 aromatic heterocycles. The number of carbonyl (C=O) groups excluding carboxylic acids is 2. The number of hydrogen-bond acceptors (Lipinski definition) is 7. The van der Waals surface area contributed by atoms with Gasteiger partial charge in [-0.05, 0) is 31.4 Å². The van der Waals surface area contributed by atoms with E-state index >= 15 is 0 Å². The van der Waals surface area contributed by atoms with Gasteiger partial charge >= 0.3 is 5.97 Å². The number of amides is 1. The minimum Gasteiger partial charge on any atom is -0.463 e. The number of nitrogens with one attached hydrogen (secondary N) is 1. The fourth-order valence-corrected chi connectivity index (χ4v) is 2.69. The molecule has 0 heterocycles. The summed E-state index contributed by atoms with van der Waals surface area (Å²) < 4.78 is 20.8. The van der Waals surface area contributed by atoms with Crippen LogP contribution < -0.4 is 11.1 Å².